The van der Waals surface area contributed by atoms with E-state index < -0.39 is 6.43 Å². The maximum absolute atomic E-state index is 13.8. The predicted molar refractivity (Wildman–Crippen MR) is 106 cm³/mol. The van der Waals surface area contributed by atoms with Crippen LogP contribution in [-0.4, -0.2) is 25.7 Å². The summed E-state index contributed by atoms with van der Waals surface area (Å²) in [6.07, 6.45) is 0.433. The molecule has 4 aromatic rings. The fourth-order valence-corrected chi connectivity index (χ4v) is 3.20. The van der Waals surface area contributed by atoms with Gasteiger partial charge in [0.05, 0.1) is 16.8 Å². The van der Waals surface area contributed by atoms with E-state index in [4.69, 9.17) is 0 Å². The highest BCUT2D eigenvalue weighted by Crippen LogP contribution is 2.33. The van der Waals surface area contributed by atoms with Crippen LogP contribution in [0.1, 0.15) is 17.7 Å². The molecule has 0 spiro atoms. The van der Waals surface area contributed by atoms with Crippen molar-refractivity contribution in [3.8, 4) is 11.3 Å². The van der Waals surface area contributed by atoms with Gasteiger partial charge in [-0.3, -0.25) is 9.78 Å². The van der Waals surface area contributed by atoms with Gasteiger partial charge in [-0.1, -0.05) is 30.3 Å². The van der Waals surface area contributed by atoms with E-state index >= 15 is 0 Å². The highest BCUT2D eigenvalue weighted by Gasteiger charge is 2.22. The summed E-state index contributed by atoms with van der Waals surface area (Å²) in [6.45, 7) is 1.48. The Bertz CT molecular complexity index is 1160. The van der Waals surface area contributed by atoms with Gasteiger partial charge in [-0.15, -0.1) is 0 Å². The number of halogens is 2. The average Bonchev–Trinajstić information content (AvgIpc) is 3.04. The molecule has 3 heterocycles. The summed E-state index contributed by atoms with van der Waals surface area (Å²) in [5, 5.41) is 7.30. The number of hydrogen-bond acceptors (Lipinski definition) is 4. The molecule has 0 radical (unpaired) electrons. The Morgan fingerprint density at radius 3 is 2.55 bits per heavy atom. The number of fused-ring (bicyclic) bond motifs is 1. The summed E-state index contributed by atoms with van der Waals surface area (Å²) in [4.78, 5) is 20.9. The van der Waals surface area contributed by atoms with Gasteiger partial charge in [0.2, 0.25) is 5.91 Å². The van der Waals surface area contributed by atoms with Gasteiger partial charge < -0.3 is 5.32 Å². The number of alkyl halides is 2. The molecule has 0 aliphatic rings. The number of amides is 1. The molecular formula is C21H17F2N5O. The van der Waals surface area contributed by atoms with Crippen molar-refractivity contribution in [2.75, 3.05) is 5.32 Å². The van der Waals surface area contributed by atoms with Gasteiger partial charge in [0, 0.05) is 29.2 Å². The van der Waals surface area contributed by atoms with E-state index in [1.54, 1.807) is 43.6 Å². The first-order valence-electron chi connectivity index (χ1n) is 8.94. The number of carbonyl (C=O) groups is 1. The predicted octanol–water partition coefficient (Wildman–Crippen LogP) is 4.38. The third kappa shape index (κ3) is 3.82. The second kappa shape index (κ2) is 7.75. The van der Waals surface area contributed by atoms with Gasteiger partial charge in [0.1, 0.15) is 6.54 Å². The van der Waals surface area contributed by atoms with Crippen molar-refractivity contribution in [1.29, 1.82) is 0 Å². The van der Waals surface area contributed by atoms with E-state index in [9.17, 15) is 13.6 Å². The maximum atomic E-state index is 13.8. The molecule has 4 rings (SSSR count). The molecule has 1 amide bonds. The minimum atomic E-state index is -2.69. The van der Waals surface area contributed by atoms with Crippen LogP contribution >= 0.6 is 0 Å². The molecule has 0 fully saturated rings. The van der Waals surface area contributed by atoms with E-state index in [1.165, 1.54) is 10.7 Å². The van der Waals surface area contributed by atoms with Gasteiger partial charge in [-0.2, -0.15) is 5.10 Å². The van der Waals surface area contributed by atoms with Crippen molar-refractivity contribution in [2.45, 2.75) is 19.9 Å². The third-order valence-electron chi connectivity index (χ3n) is 4.47. The summed E-state index contributed by atoms with van der Waals surface area (Å²) in [7, 11) is 0. The molecule has 0 unspecified atom stereocenters. The lowest BCUT2D eigenvalue weighted by molar-refractivity contribution is -0.116. The number of pyridine rings is 2. The number of carbonyl (C=O) groups excluding carboxylic acids is 1. The van der Waals surface area contributed by atoms with Crippen LogP contribution in [0.3, 0.4) is 0 Å². The largest absolute Gasteiger partial charge is 0.324 e. The van der Waals surface area contributed by atoms with Crippen molar-refractivity contribution in [3.05, 3.63) is 72.2 Å². The average molecular weight is 393 g/mol. The Hall–Kier alpha value is -3.68. The number of hydrogen-bond donors (Lipinski definition) is 1. The number of rotatable bonds is 5. The number of aromatic nitrogens is 4. The van der Waals surface area contributed by atoms with Crippen molar-refractivity contribution >= 4 is 22.6 Å². The molecule has 0 saturated carbocycles. The number of aryl methyl sites for hydroxylation is 1. The van der Waals surface area contributed by atoms with Crippen molar-refractivity contribution in [2.24, 2.45) is 0 Å². The summed E-state index contributed by atoms with van der Waals surface area (Å²) in [5.41, 5.74) is 2.21. The Labute approximate surface area is 165 Å². The van der Waals surface area contributed by atoms with Gasteiger partial charge in [-0.05, 0) is 25.1 Å². The van der Waals surface area contributed by atoms with E-state index in [-0.39, 0.29) is 29.0 Å². The second-order valence-corrected chi connectivity index (χ2v) is 6.49. The van der Waals surface area contributed by atoms with Gasteiger partial charge >= 0.3 is 0 Å². The lowest BCUT2D eigenvalue weighted by Crippen LogP contribution is -2.19. The van der Waals surface area contributed by atoms with E-state index in [2.05, 4.69) is 20.4 Å². The van der Waals surface area contributed by atoms with Gasteiger partial charge in [0.15, 0.2) is 5.65 Å². The minimum absolute atomic E-state index is 0.146. The van der Waals surface area contributed by atoms with Crippen LogP contribution in [0.25, 0.3) is 22.3 Å². The Kier molecular flexibility index (Phi) is 4.99. The molecule has 0 bridgehead atoms. The fourth-order valence-electron chi connectivity index (χ4n) is 3.20. The van der Waals surface area contributed by atoms with Crippen molar-refractivity contribution in [3.63, 3.8) is 0 Å². The molecule has 1 aromatic carbocycles. The van der Waals surface area contributed by atoms with Crippen LogP contribution < -0.4 is 5.32 Å². The quantitative estimate of drug-likeness (QED) is 0.546. The van der Waals surface area contributed by atoms with Crippen LogP contribution in [0.2, 0.25) is 0 Å². The van der Waals surface area contributed by atoms with Crippen LogP contribution in [-0.2, 0) is 11.3 Å². The molecule has 8 heteroatoms. The number of nitrogens with zero attached hydrogens (tertiary/aromatic N) is 4. The number of anilines is 1. The highest BCUT2D eigenvalue weighted by molar-refractivity contribution is 5.92. The number of nitrogens with one attached hydrogen (secondary N) is 1. The van der Waals surface area contributed by atoms with E-state index in [1.807, 2.05) is 18.2 Å². The number of benzene rings is 1. The zero-order valence-corrected chi connectivity index (χ0v) is 15.5. The molecule has 29 heavy (non-hydrogen) atoms. The first kappa shape index (κ1) is 18.7. The molecule has 1 N–H and O–H groups in total. The third-order valence-corrected chi connectivity index (χ3v) is 4.47. The van der Waals surface area contributed by atoms with Crippen molar-refractivity contribution in [1.82, 2.24) is 19.7 Å². The highest BCUT2D eigenvalue weighted by atomic mass is 19.3. The SMILES string of the molecule is Cc1nn(CC(=O)Nc2ccncc2)c2nc(-c3ccccc3)cc(C(F)F)c12. The molecule has 0 aliphatic carbocycles. The molecule has 0 atom stereocenters. The molecule has 6 nitrogen and oxygen atoms in total. The zero-order valence-electron chi connectivity index (χ0n) is 15.5. The maximum Gasteiger partial charge on any atom is 0.264 e. The van der Waals surface area contributed by atoms with Gasteiger partial charge in [0.25, 0.3) is 6.43 Å². The van der Waals surface area contributed by atoms with Crippen LogP contribution in [0.15, 0.2) is 60.9 Å². The summed E-state index contributed by atoms with van der Waals surface area (Å²) in [6, 6.07) is 13.8. The normalized spacial score (nSPS) is 11.2. The van der Waals surface area contributed by atoms with Gasteiger partial charge in [-0.25, -0.2) is 18.4 Å². The summed E-state index contributed by atoms with van der Waals surface area (Å²) in [5.74, 6) is -0.342. The van der Waals surface area contributed by atoms with Crippen LogP contribution in [0.4, 0.5) is 14.5 Å². The first-order chi connectivity index (χ1) is 14.0. The first-order valence-corrected chi connectivity index (χ1v) is 8.94. The minimum Gasteiger partial charge on any atom is -0.324 e. The van der Waals surface area contributed by atoms with E-state index in [0.29, 0.717) is 22.6 Å². The topological polar surface area (TPSA) is 72.7 Å². The Morgan fingerprint density at radius 1 is 1.14 bits per heavy atom. The molecule has 0 aliphatic heterocycles. The Morgan fingerprint density at radius 2 is 1.86 bits per heavy atom. The van der Waals surface area contributed by atoms with Crippen LogP contribution in [0, 0.1) is 6.92 Å². The van der Waals surface area contributed by atoms with Crippen LogP contribution in [0.5, 0.6) is 0 Å². The Balaban J connectivity index is 1.76. The standard InChI is InChI=1S/C21H17F2N5O/c1-13-19-16(20(22)23)11-17(14-5-3-2-4-6-14)26-21(19)28(27-13)12-18(29)25-15-7-9-24-10-8-15/h2-11,20H,12H2,1H3,(H,24,25,29). The van der Waals surface area contributed by atoms with Crippen molar-refractivity contribution < 1.29 is 13.6 Å². The zero-order chi connectivity index (χ0) is 20.4. The fraction of sp³-hybridized carbons (Fsp3) is 0.143. The monoisotopic (exact) mass is 393 g/mol. The lowest BCUT2D eigenvalue weighted by Gasteiger charge is -2.09. The summed E-state index contributed by atoms with van der Waals surface area (Å²) < 4.78 is 28.9. The lowest BCUT2D eigenvalue weighted by atomic mass is 10.1. The summed E-state index contributed by atoms with van der Waals surface area (Å²) >= 11 is 0. The molecule has 3 aromatic heterocycles. The second-order valence-electron chi connectivity index (χ2n) is 6.49. The van der Waals surface area contributed by atoms with E-state index in [0.717, 1.165) is 0 Å². The smallest absolute Gasteiger partial charge is 0.264 e. The molecular weight excluding hydrogens is 376 g/mol. The molecule has 146 valence electrons. The molecule has 0 saturated heterocycles.